The molecule has 0 bridgehead atoms. The van der Waals surface area contributed by atoms with Crippen molar-refractivity contribution in [3.05, 3.63) is 22.7 Å². The summed E-state index contributed by atoms with van der Waals surface area (Å²) in [5, 5.41) is 1.69. The van der Waals surface area contributed by atoms with Crippen LogP contribution in [0, 0.1) is 0 Å². The summed E-state index contributed by atoms with van der Waals surface area (Å²) in [4.78, 5) is 0. The molecule has 0 amide bonds. The number of hydrogen-bond donors (Lipinski definition) is 0. The zero-order valence-electron chi connectivity index (χ0n) is 7.24. The van der Waals surface area contributed by atoms with Crippen molar-refractivity contribution in [2.24, 2.45) is 0 Å². The summed E-state index contributed by atoms with van der Waals surface area (Å²) >= 11 is 0. The Bertz CT molecular complexity index is 227. The first-order valence-corrected chi connectivity index (χ1v) is 6.72. The van der Waals surface area contributed by atoms with Crippen LogP contribution in [0.25, 0.3) is 0 Å². The van der Waals surface area contributed by atoms with Gasteiger partial charge in [0.15, 0.2) is 0 Å². The van der Waals surface area contributed by atoms with Gasteiger partial charge in [-0.05, 0) is 41.4 Å². The lowest BCUT2D eigenvalue weighted by Gasteiger charge is -2.20. The van der Waals surface area contributed by atoms with E-state index in [2.05, 4.69) is 17.4 Å². The summed E-state index contributed by atoms with van der Waals surface area (Å²) in [6, 6.07) is 0. The highest BCUT2D eigenvalue weighted by molar-refractivity contribution is 7.36. The Morgan fingerprint density at radius 3 is 2.58 bits per heavy atom. The van der Waals surface area contributed by atoms with Crippen molar-refractivity contribution in [1.82, 2.24) is 0 Å². The highest BCUT2D eigenvalue weighted by Gasteiger charge is 2.14. The molecule has 12 heavy (non-hydrogen) atoms. The van der Waals surface area contributed by atoms with Crippen molar-refractivity contribution in [3.8, 4) is 0 Å². The summed E-state index contributed by atoms with van der Waals surface area (Å²) < 4.78 is 0. The van der Waals surface area contributed by atoms with Crippen LogP contribution in [0.4, 0.5) is 0 Å². The molecule has 0 unspecified atom stereocenters. The molecular weight excluding hydrogens is 182 g/mol. The second-order valence-electron chi connectivity index (χ2n) is 3.47. The lowest BCUT2D eigenvalue weighted by molar-refractivity contribution is 0.448. The van der Waals surface area contributed by atoms with Crippen LogP contribution in [-0.4, -0.2) is 0 Å². The van der Waals surface area contributed by atoms with Gasteiger partial charge in [0.05, 0.1) is 0 Å². The molecule has 0 nitrogen and oxygen atoms in total. The molecule has 0 radical (unpaired) electrons. The van der Waals surface area contributed by atoms with Crippen LogP contribution in [-0.2, 0) is 0 Å². The second-order valence-corrected chi connectivity index (χ2v) is 5.39. The lowest BCUT2D eigenvalue weighted by atomic mass is 9.89. The summed E-state index contributed by atoms with van der Waals surface area (Å²) in [5.41, 5.74) is 0. The predicted octanol–water partition coefficient (Wildman–Crippen LogP) is 4.89. The Hall–Kier alpha value is 0.0800. The van der Waals surface area contributed by atoms with Gasteiger partial charge < -0.3 is 0 Å². The van der Waals surface area contributed by atoms with Crippen LogP contribution in [0.2, 0.25) is 0 Å². The minimum Gasteiger partial charge on any atom is -0.0754 e. The van der Waals surface area contributed by atoms with E-state index in [0.29, 0.717) is 0 Å². The normalized spacial score (nSPS) is 20.7. The Morgan fingerprint density at radius 2 is 1.92 bits per heavy atom. The van der Waals surface area contributed by atoms with Gasteiger partial charge in [0.1, 0.15) is 0 Å². The Labute approximate surface area is 77.6 Å². The average Bonchev–Trinajstić information content (AvgIpc) is 2.21. The molecule has 1 heterocycles. The standard InChI is InChI=1S/C10H14P2/c1-2-4-9(5-3-1)10-8-11-6-7-12-10/h6-9H,1-5H2. The molecule has 0 spiro atoms. The minimum atomic E-state index is 0.929. The molecule has 0 atom stereocenters. The van der Waals surface area contributed by atoms with Crippen molar-refractivity contribution < 1.29 is 0 Å². The van der Waals surface area contributed by atoms with Crippen LogP contribution in [0.3, 0.4) is 0 Å². The topological polar surface area (TPSA) is 0 Å². The van der Waals surface area contributed by atoms with E-state index in [1.807, 2.05) is 0 Å². The zero-order valence-corrected chi connectivity index (χ0v) is 9.03. The molecule has 1 aromatic heterocycles. The van der Waals surface area contributed by atoms with Gasteiger partial charge in [-0.1, -0.05) is 35.6 Å². The maximum absolute atomic E-state index is 2.41. The minimum absolute atomic E-state index is 0.929. The van der Waals surface area contributed by atoms with Crippen LogP contribution >= 0.6 is 16.4 Å². The molecule has 0 saturated heterocycles. The molecule has 1 aromatic rings. The molecule has 0 aliphatic heterocycles. The van der Waals surface area contributed by atoms with E-state index >= 15 is 0 Å². The van der Waals surface area contributed by atoms with Crippen molar-refractivity contribution >= 4 is 16.4 Å². The fourth-order valence-corrected chi connectivity index (χ4v) is 4.05. The molecule has 1 saturated carbocycles. The SMILES string of the molecule is c1cpc(C2CCCCC2)cp1. The Balaban J connectivity index is 2.08. The third-order valence-corrected chi connectivity index (χ3v) is 4.88. The number of hydrogen-bond acceptors (Lipinski definition) is 0. The van der Waals surface area contributed by atoms with E-state index in [1.165, 1.54) is 48.5 Å². The van der Waals surface area contributed by atoms with Crippen LogP contribution in [0.15, 0.2) is 17.4 Å². The van der Waals surface area contributed by atoms with E-state index in [1.54, 1.807) is 5.30 Å². The third kappa shape index (κ3) is 2.06. The van der Waals surface area contributed by atoms with Crippen molar-refractivity contribution in [3.63, 3.8) is 0 Å². The number of rotatable bonds is 1. The maximum atomic E-state index is 2.41. The summed E-state index contributed by atoms with van der Waals surface area (Å²) in [6.07, 6.45) is 7.27. The van der Waals surface area contributed by atoms with Gasteiger partial charge in [0, 0.05) is 0 Å². The first-order valence-electron chi connectivity index (χ1n) is 4.73. The first kappa shape index (κ1) is 8.67. The molecule has 2 rings (SSSR count). The zero-order chi connectivity index (χ0) is 8.23. The summed E-state index contributed by atoms with van der Waals surface area (Å²) in [7, 11) is 2.87. The van der Waals surface area contributed by atoms with E-state index < -0.39 is 0 Å². The lowest BCUT2D eigenvalue weighted by Crippen LogP contribution is -2.02. The van der Waals surface area contributed by atoms with Crippen molar-refractivity contribution in [2.45, 2.75) is 38.0 Å². The van der Waals surface area contributed by atoms with E-state index in [-0.39, 0.29) is 0 Å². The van der Waals surface area contributed by atoms with Crippen LogP contribution in [0.1, 0.15) is 43.3 Å². The van der Waals surface area contributed by atoms with Gasteiger partial charge in [-0.2, -0.15) is 0 Å². The van der Waals surface area contributed by atoms with Gasteiger partial charge in [0.25, 0.3) is 0 Å². The van der Waals surface area contributed by atoms with Crippen molar-refractivity contribution in [1.29, 1.82) is 0 Å². The van der Waals surface area contributed by atoms with Gasteiger partial charge in [0.2, 0.25) is 0 Å². The molecule has 1 aliphatic rings. The molecule has 1 fully saturated rings. The first-order chi connectivity index (χ1) is 5.97. The molecule has 0 N–H and O–H groups in total. The highest BCUT2D eigenvalue weighted by Crippen LogP contribution is 2.37. The Kier molecular flexibility index (Phi) is 3.15. The second kappa shape index (κ2) is 4.35. The van der Waals surface area contributed by atoms with Crippen LogP contribution in [0.5, 0.6) is 0 Å². The third-order valence-electron chi connectivity index (χ3n) is 2.61. The van der Waals surface area contributed by atoms with Gasteiger partial charge in [-0.3, -0.25) is 0 Å². The molecule has 1 aliphatic carbocycles. The fourth-order valence-electron chi connectivity index (χ4n) is 1.92. The molecule has 2 heteroatoms. The van der Waals surface area contributed by atoms with Gasteiger partial charge >= 0.3 is 0 Å². The summed E-state index contributed by atoms with van der Waals surface area (Å²) in [5.74, 6) is 7.88. The van der Waals surface area contributed by atoms with Gasteiger partial charge in [-0.25, -0.2) is 0 Å². The molecule has 64 valence electrons. The monoisotopic (exact) mass is 196 g/mol. The fraction of sp³-hybridized carbons (Fsp3) is 0.600. The molecule has 0 aromatic carbocycles. The van der Waals surface area contributed by atoms with E-state index in [0.717, 1.165) is 5.92 Å². The molecular formula is C10H14P2. The summed E-state index contributed by atoms with van der Waals surface area (Å²) in [6.45, 7) is 0. The van der Waals surface area contributed by atoms with E-state index in [4.69, 9.17) is 0 Å². The highest BCUT2D eigenvalue weighted by atomic mass is 31.0. The van der Waals surface area contributed by atoms with Crippen molar-refractivity contribution in [2.75, 3.05) is 0 Å². The largest absolute Gasteiger partial charge is 0.0754 e. The Morgan fingerprint density at radius 1 is 1.08 bits per heavy atom. The van der Waals surface area contributed by atoms with E-state index in [9.17, 15) is 0 Å². The van der Waals surface area contributed by atoms with Crippen LogP contribution < -0.4 is 0 Å². The smallest absolute Gasteiger partial charge is 0.0115 e. The van der Waals surface area contributed by atoms with Gasteiger partial charge in [-0.15, -0.1) is 0 Å². The maximum Gasteiger partial charge on any atom is -0.0115 e. The average molecular weight is 196 g/mol. The predicted molar refractivity (Wildman–Crippen MR) is 57.3 cm³/mol. The quantitative estimate of drug-likeness (QED) is 0.599.